The number of aryl methyl sites for hydroxylation is 1. The molecule has 0 radical (unpaired) electrons. The van der Waals surface area contributed by atoms with Gasteiger partial charge in [-0.3, -0.25) is 14.2 Å². The molecule has 0 saturated heterocycles. The molecule has 9 heteroatoms. The maximum atomic E-state index is 13.2. The number of carbonyl (C=O) groups is 1. The molecule has 31 heavy (non-hydrogen) atoms. The summed E-state index contributed by atoms with van der Waals surface area (Å²) >= 11 is 1.59. The summed E-state index contributed by atoms with van der Waals surface area (Å²) in [5, 5.41) is 14.2. The van der Waals surface area contributed by atoms with E-state index in [1.165, 1.54) is 35.2 Å². The third-order valence-electron chi connectivity index (χ3n) is 5.63. The molecule has 2 N–H and O–H groups in total. The number of hydrazone groups is 1. The van der Waals surface area contributed by atoms with Crippen LogP contribution in [-0.4, -0.2) is 33.9 Å². The van der Waals surface area contributed by atoms with Gasteiger partial charge in [0.2, 0.25) is 0 Å². The number of phenols is 1. The van der Waals surface area contributed by atoms with Gasteiger partial charge in [-0.1, -0.05) is 6.92 Å². The zero-order valence-electron chi connectivity index (χ0n) is 17.6. The average molecular weight is 441 g/mol. The number of aromatic hydroxyl groups is 1. The average Bonchev–Trinajstić information content (AvgIpc) is 3.12. The number of hydrogen-bond acceptors (Lipinski definition) is 7. The Kier molecular flexibility index (Phi) is 5.77. The van der Waals surface area contributed by atoms with Crippen molar-refractivity contribution in [2.24, 2.45) is 11.0 Å². The summed E-state index contributed by atoms with van der Waals surface area (Å²) in [5.41, 5.74) is 4.01. The molecule has 1 amide bonds. The highest BCUT2D eigenvalue weighted by atomic mass is 32.1. The van der Waals surface area contributed by atoms with E-state index < -0.39 is 11.9 Å². The van der Waals surface area contributed by atoms with E-state index in [2.05, 4.69) is 22.4 Å². The lowest BCUT2D eigenvalue weighted by molar-refractivity contribution is -0.123. The van der Waals surface area contributed by atoms with Crippen molar-refractivity contribution < 1.29 is 14.6 Å². The minimum atomic E-state index is -0.769. The molecule has 0 saturated carbocycles. The normalized spacial score (nSPS) is 16.9. The monoisotopic (exact) mass is 440 g/mol. The third-order valence-corrected chi connectivity index (χ3v) is 6.79. The second kappa shape index (κ2) is 8.50. The fourth-order valence-electron chi connectivity index (χ4n) is 3.78. The van der Waals surface area contributed by atoms with Crippen LogP contribution in [0.4, 0.5) is 0 Å². The Labute approximate surface area is 183 Å². The van der Waals surface area contributed by atoms with Gasteiger partial charge < -0.3 is 9.84 Å². The fraction of sp³-hybridized carbons (Fsp3) is 0.364. The number of benzene rings is 1. The lowest BCUT2D eigenvalue weighted by Gasteiger charge is -2.18. The number of aromatic nitrogens is 2. The van der Waals surface area contributed by atoms with E-state index in [-0.39, 0.29) is 11.3 Å². The molecule has 162 valence electrons. The van der Waals surface area contributed by atoms with Gasteiger partial charge in [0.25, 0.3) is 11.5 Å². The van der Waals surface area contributed by atoms with Gasteiger partial charge in [-0.05, 0) is 61.4 Å². The van der Waals surface area contributed by atoms with Crippen LogP contribution in [0.1, 0.15) is 42.3 Å². The quantitative estimate of drug-likeness (QED) is 0.469. The van der Waals surface area contributed by atoms with Crippen LogP contribution in [-0.2, 0) is 17.6 Å². The molecule has 2 aromatic heterocycles. The summed E-state index contributed by atoms with van der Waals surface area (Å²) in [5.74, 6) is 0.509. The van der Waals surface area contributed by atoms with E-state index in [0.717, 1.165) is 29.7 Å². The molecule has 1 aliphatic carbocycles. The third kappa shape index (κ3) is 4.05. The molecule has 2 atom stereocenters. The zero-order valence-corrected chi connectivity index (χ0v) is 18.4. The number of ether oxygens (including phenoxy) is 1. The Balaban J connectivity index is 1.54. The highest BCUT2D eigenvalue weighted by Crippen LogP contribution is 2.35. The lowest BCUT2D eigenvalue weighted by Crippen LogP contribution is -2.34. The van der Waals surface area contributed by atoms with E-state index in [1.807, 2.05) is 0 Å². The van der Waals surface area contributed by atoms with Crippen molar-refractivity contribution in [2.45, 2.75) is 39.2 Å². The zero-order chi connectivity index (χ0) is 22.1. The van der Waals surface area contributed by atoms with Crippen molar-refractivity contribution in [1.29, 1.82) is 0 Å². The van der Waals surface area contributed by atoms with Gasteiger partial charge in [0.1, 0.15) is 10.9 Å². The molecule has 0 spiro atoms. The Bertz CT molecular complexity index is 1230. The summed E-state index contributed by atoms with van der Waals surface area (Å²) < 4.78 is 6.42. The standard InChI is InChI=1S/C22H24N4O4S/c1-12-4-6-15-18(8-12)31-21-19(15)22(29)26(11-23-21)13(2)20(28)25-24-10-14-5-7-16(27)17(9-14)30-3/h5,7,9-13,27H,4,6,8H2,1-3H3,(H,25,28)/b24-10-/t12-,13+/m0/s1. The predicted molar refractivity (Wildman–Crippen MR) is 120 cm³/mol. The van der Waals surface area contributed by atoms with Crippen LogP contribution in [0.5, 0.6) is 11.5 Å². The number of amides is 1. The smallest absolute Gasteiger partial charge is 0.263 e. The van der Waals surface area contributed by atoms with Crippen LogP contribution < -0.4 is 15.7 Å². The number of methoxy groups -OCH3 is 1. The minimum Gasteiger partial charge on any atom is -0.504 e. The number of nitrogens with zero attached hydrogens (tertiary/aromatic N) is 3. The highest BCUT2D eigenvalue weighted by molar-refractivity contribution is 7.18. The van der Waals surface area contributed by atoms with Crippen LogP contribution in [0.2, 0.25) is 0 Å². The van der Waals surface area contributed by atoms with Gasteiger partial charge in [-0.15, -0.1) is 11.3 Å². The molecule has 4 rings (SSSR count). The van der Waals surface area contributed by atoms with Gasteiger partial charge in [0, 0.05) is 4.88 Å². The minimum absolute atomic E-state index is 0.0182. The Morgan fingerprint density at radius 1 is 1.48 bits per heavy atom. The Morgan fingerprint density at radius 2 is 2.29 bits per heavy atom. The largest absolute Gasteiger partial charge is 0.504 e. The molecule has 0 fully saturated rings. The molecule has 0 aliphatic heterocycles. The first kappa shape index (κ1) is 21.0. The lowest BCUT2D eigenvalue weighted by atomic mass is 9.89. The summed E-state index contributed by atoms with van der Waals surface area (Å²) in [7, 11) is 1.45. The molecule has 3 aromatic rings. The molecule has 8 nitrogen and oxygen atoms in total. The summed E-state index contributed by atoms with van der Waals surface area (Å²) in [6.07, 6.45) is 5.78. The second-order valence-corrected chi connectivity index (χ2v) is 8.91. The van der Waals surface area contributed by atoms with Gasteiger partial charge in [0.15, 0.2) is 11.5 Å². The first-order valence-corrected chi connectivity index (χ1v) is 10.9. The molecule has 2 heterocycles. The van der Waals surface area contributed by atoms with Gasteiger partial charge in [0.05, 0.1) is 25.0 Å². The van der Waals surface area contributed by atoms with E-state index in [0.29, 0.717) is 22.6 Å². The van der Waals surface area contributed by atoms with Crippen LogP contribution in [0.3, 0.4) is 0 Å². The van der Waals surface area contributed by atoms with E-state index >= 15 is 0 Å². The van der Waals surface area contributed by atoms with Crippen LogP contribution in [0.15, 0.2) is 34.4 Å². The van der Waals surface area contributed by atoms with Crippen molar-refractivity contribution in [3.8, 4) is 11.5 Å². The van der Waals surface area contributed by atoms with Gasteiger partial charge >= 0.3 is 0 Å². The van der Waals surface area contributed by atoms with Gasteiger partial charge in [-0.25, -0.2) is 10.4 Å². The van der Waals surface area contributed by atoms with E-state index in [1.54, 1.807) is 30.4 Å². The molecule has 1 aliphatic rings. The Hall–Kier alpha value is -3.20. The molecule has 0 bridgehead atoms. The number of nitrogens with one attached hydrogen (secondary N) is 1. The number of hydrogen-bond donors (Lipinski definition) is 2. The highest BCUT2D eigenvalue weighted by Gasteiger charge is 2.25. The molecular formula is C22H24N4O4S. The Morgan fingerprint density at radius 3 is 3.06 bits per heavy atom. The topological polar surface area (TPSA) is 106 Å². The predicted octanol–water partition coefficient (Wildman–Crippen LogP) is 3.01. The molecule has 0 unspecified atom stereocenters. The second-order valence-electron chi connectivity index (χ2n) is 7.83. The van der Waals surface area contributed by atoms with Crippen molar-refractivity contribution >= 4 is 33.7 Å². The summed E-state index contributed by atoms with van der Waals surface area (Å²) in [4.78, 5) is 32.2. The maximum absolute atomic E-state index is 13.2. The summed E-state index contributed by atoms with van der Waals surface area (Å²) in [6, 6.07) is 3.94. The first-order chi connectivity index (χ1) is 14.9. The van der Waals surface area contributed by atoms with E-state index in [4.69, 9.17) is 4.74 Å². The number of carbonyl (C=O) groups excluding carboxylic acids is 1. The van der Waals surface area contributed by atoms with E-state index in [9.17, 15) is 14.7 Å². The van der Waals surface area contributed by atoms with Crippen LogP contribution in [0.25, 0.3) is 10.2 Å². The number of fused-ring (bicyclic) bond motifs is 3. The van der Waals surface area contributed by atoms with Crippen molar-refractivity contribution in [3.05, 3.63) is 50.9 Å². The van der Waals surface area contributed by atoms with Gasteiger partial charge in [-0.2, -0.15) is 5.10 Å². The maximum Gasteiger partial charge on any atom is 0.263 e. The van der Waals surface area contributed by atoms with Crippen LogP contribution >= 0.6 is 11.3 Å². The number of thiophene rings is 1. The van der Waals surface area contributed by atoms with Crippen molar-refractivity contribution in [3.63, 3.8) is 0 Å². The van der Waals surface area contributed by atoms with Crippen molar-refractivity contribution in [1.82, 2.24) is 15.0 Å². The SMILES string of the molecule is COc1cc(/C=N\NC(=O)[C@@H](C)n2cnc3sc4c(c3c2=O)CC[C@H](C)C4)ccc1O. The fourth-order valence-corrected chi connectivity index (χ4v) is 5.13. The number of rotatable bonds is 5. The van der Waals surface area contributed by atoms with Crippen LogP contribution in [0, 0.1) is 5.92 Å². The summed E-state index contributed by atoms with van der Waals surface area (Å²) in [6.45, 7) is 3.87. The first-order valence-electron chi connectivity index (χ1n) is 10.1. The number of phenolic OH excluding ortho intramolecular Hbond substituents is 1. The molecule has 1 aromatic carbocycles. The van der Waals surface area contributed by atoms with Crippen molar-refractivity contribution in [2.75, 3.05) is 7.11 Å². The molecular weight excluding hydrogens is 416 g/mol.